The highest BCUT2D eigenvalue weighted by Crippen LogP contribution is 2.37. The summed E-state index contributed by atoms with van der Waals surface area (Å²) in [5, 5.41) is 9.63. The van der Waals surface area contributed by atoms with Crippen molar-refractivity contribution in [2.75, 3.05) is 20.3 Å². The lowest BCUT2D eigenvalue weighted by Crippen LogP contribution is -2.52. The molecule has 0 aliphatic carbocycles. The third-order valence-corrected chi connectivity index (χ3v) is 5.23. The van der Waals surface area contributed by atoms with Crippen molar-refractivity contribution < 1.29 is 18.3 Å². The number of aliphatic hydroxyl groups excluding tert-OH is 1. The van der Waals surface area contributed by atoms with Gasteiger partial charge in [-0.1, -0.05) is 0 Å². The van der Waals surface area contributed by atoms with E-state index < -0.39 is 10.2 Å². The zero-order valence-electron chi connectivity index (χ0n) is 10.0. The maximum atomic E-state index is 12.1. The molecule has 0 amide bonds. The van der Waals surface area contributed by atoms with Gasteiger partial charge in [0, 0.05) is 25.7 Å². The van der Waals surface area contributed by atoms with Gasteiger partial charge in [0.2, 0.25) is 0 Å². The number of hydrogen-bond donors (Lipinski definition) is 2. The Morgan fingerprint density at radius 3 is 2.47 bits per heavy atom. The van der Waals surface area contributed by atoms with E-state index in [0.29, 0.717) is 19.4 Å². The zero-order valence-corrected chi connectivity index (χ0v) is 10.8. The Morgan fingerprint density at radius 1 is 1.35 bits per heavy atom. The van der Waals surface area contributed by atoms with Gasteiger partial charge in [-0.2, -0.15) is 17.4 Å². The third-order valence-electron chi connectivity index (χ3n) is 3.51. The number of hydrogen-bond acceptors (Lipinski definition) is 4. The molecule has 2 aliphatic rings. The first-order chi connectivity index (χ1) is 8.04. The average Bonchev–Trinajstić information content (AvgIpc) is 2.53. The number of aliphatic hydroxyl groups is 1. The highest BCUT2D eigenvalue weighted by Gasteiger charge is 2.46. The molecule has 0 spiro atoms. The minimum atomic E-state index is -3.42. The van der Waals surface area contributed by atoms with Gasteiger partial charge in [-0.25, -0.2) is 0 Å². The van der Waals surface area contributed by atoms with Crippen LogP contribution in [0.4, 0.5) is 0 Å². The fraction of sp³-hybridized carbons (Fsp3) is 1.00. The standard InChI is InChI=1S/C10H20N2O4S/c1-16-5-4-11-17(14,15)12-8-2-3-9(12)7-10(13)6-8/h8-11,13H,2-7H2,1H3. The molecule has 0 radical (unpaired) electrons. The molecule has 2 rings (SSSR count). The number of ether oxygens (including phenoxy) is 1. The van der Waals surface area contributed by atoms with E-state index in [2.05, 4.69) is 4.72 Å². The molecule has 0 saturated carbocycles. The number of methoxy groups -OCH3 is 1. The molecule has 2 atom stereocenters. The van der Waals surface area contributed by atoms with Crippen molar-refractivity contribution in [3.63, 3.8) is 0 Å². The van der Waals surface area contributed by atoms with Gasteiger partial charge in [-0.05, 0) is 25.7 Å². The molecule has 2 bridgehead atoms. The van der Waals surface area contributed by atoms with E-state index in [4.69, 9.17) is 4.74 Å². The molecule has 2 aliphatic heterocycles. The van der Waals surface area contributed by atoms with Gasteiger partial charge >= 0.3 is 0 Å². The van der Waals surface area contributed by atoms with Crippen LogP contribution in [0.15, 0.2) is 0 Å². The van der Waals surface area contributed by atoms with Crippen LogP contribution in [-0.2, 0) is 14.9 Å². The van der Waals surface area contributed by atoms with E-state index >= 15 is 0 Å². The summed E-state index contributed by atoms with van der Waals surface area (Å²) in [4.78, 5) is 0. The molecule has 7 heteroatoms. The molecule has 0 aromatic rings. The quantitative estimate of drug-likeness (QED) is 0.653. The molecular formula is C10H20N2O4S. The van der Waals surface area contributed by atoms with Crippen LogP contribution < -0.4 is 4.72 Å². The van der Waals surface area contributed by atoms with Crippen LogP contribution in [0.2, 0.25) is 0 Å². The molecule has 100 valence electrons. The Kier molecular flexibility index (Phi) is 4.04. The summed E-state index contributed by atoms with van der Waals surface area (Å²) in [5.41, 5.74) is 0. The lowest BCUT2D eigenvalue weighted by molar-refractivity contribution is 0.0761. The smallest absolute Gasteiger partial charge is 0.280 e. The Morgan fingerprint density at radius 2 is 1.94 bits per heavy atom. The molecule has 2 saturated heterocycles. The normalized spacial score (nSPS) is 34.1. The predicted octanol–water partition coefficient (Wildman–Crippen LogP) is -0.545. The van der Waals surface area contributed by atoms with E-state index in [0.717, 1.165) is 12.8 Å². The van der Waals surface area contributed by atoms with Crippen LogP contribution in [0.5, 0.6) is 0 Å². The second-order valence-electron chi connectivity index (χ2n) is 4.73. The summed E-state index contributed by atoms with van der Waals surface area (Å²) in [5.74, 6) is 0. The van der Waals surface area contributed by atoms with E-state index in [1.807, 2.05) is 0 Å². The Bertz CT molecular complexity index is 345. The molecular weight excluding hydrogens is 244 g/mol. The predicted molar refractivity (Wildman–Crippen MR) is 62.7 cm³/mol. The molecule has 17 heavy (non-hydrogen) atoms. The Labute approximate surface area is 102 Å². The number of nitrogens with one attached hydrogen (secondary N) is 1. The van der Waals surface area contributed by atoms with Gasteiger partial charge < -0.3 is 9.84 Å². The number of rotatable bonds is 5. The fourth-order valence-electron chi connectivity index (χ4n) is 2.84. The topological polar surface area (TPSA) is 78.9 Å². The molecule has 2 heterocycles. The SMILES string of the molecule is COCCNS(=O)(=O)N1C2CCC1CC(O)C2. The van der Waals surface area contributed by atoms with Crippen molar-refractivity contribution in [2.24, 2.45) is 0 Å². The monoisotopic (exact) mass is 264 g/mol. The van der Waals surface area contributed by atoms with Crippen LogP contribution in [-0.4, -0.2) is 56.3 Å². The van der Waals surface area contributed by atoms with Crippen LogP contribution >= 0.6 is 0 Å². The van der Waals surface area contributed by atoms with E-state index in [1.165, 1.54) is 7.11 Å². The summed E-state index contributed by atoms with van der Waals surface area (Å²) in [6, 6.07) is -0.0763. The summed E-state index contributed by atoms with van der Waals surface area (Å²) in [7, 11) is -1.89. The van der Waals surface area contributed by atoms with E-state index in [-0.39, 0.29) is 24.7 Å². The minimum Gasteiger partial charge on any atom is -0.393 e. The second-order valence-corrected chi connectivity index (χ2v) is 6.39. The average molecular weight is 264 g/mol. The first-order valence-corrected chi connectivity index (χ1v) is 7.43. The molecule has 0 aromatic heterocycles. The van der Waals surface area contributed by atoms with Crippen molar-refractivity contribution in [2.45, 2.75) is 43.9 Å². The van der Waals surface area contributed by atoms with Gasteiger partial charge in [0.05, 0.1) is 12.7 Å². The Balaban J connectivity index is 2.02. The molecule has 6 nitrogen and oxygen atoms in total. The lowest BCUT2D eigenvalue weighted by Gasteiger charge is -2.35. The first-order valence-electron chi connectivity index (χ1n) is 5.99. The van der Waals surface area contributed by atoms with Gasteiger partial charge in [0.15, 0.2) is 0 Å². The zero-order chi connectivity index (χ0) is 12.5. The highest BCUT2D eigenvalue weighted by atomic mass is 32.2. The van der Waals surface area contributed by atoms with Crippen molar-refractivity contribution in [1.82, 2.24) is 9.03 Å². The number of nitrogens with zero attached hydrogens (tertiary/aromatic N) is 1. The van der Waals surface area contributed by atoms with E-state index in [1.54, 1.807) is 4.31 Å². The van der Waals surface area contributed by atoms with Gasteiger partial charge in [0.1, 0.15) is 0 Å². The fourth-order valence-corrected chi connectivity index (χ4v) is 4.50. The first kappa shape index (κ1) is 13.2. The lowest BCUT2D eigenvalue weighted by atomic mass is 10.0. The summed E-state index contributed by atoms with van der Waals surface area (Å²) in [6.45, 7) is 0.655. The maximum absolute atomic E-state index is 12.1. The molecule has 2 unspecified atom stereocenters. The minimum absolute atomic E-state index is 0.0382. The van der Waals surface area contributed by atoms with Crippen molar-refractivity contribution in [3.05, 3.63) is 0 Å². The van der Waals surface area contributed by atoms with Gasteiger partial charge in [-0.15, -0.1) is 0 Å². The summed E-state index contributed by atoms with van der Waals surface area (Å²) < 4.78 is 33.1. The Hall–Kier alpha value is -0.210. The molecule has 2 N–H and O–H groups in total. The largest absolute Gasteiger partial charge is 0.393 e. The summed E-state index contributed by atoms with van der Waals surface area (Å²) >= 11 is 0. The third kappa shape index (κ3) is 2.79. The van der Waals surface area contributed by atoms with E-state index in [9.17, 15) is 13.5 Å². The van der Waals surface area contributed by atoms with Crippen LogP contribution in [0, 0.1) is 0 Å². The van der Waals surface area contributed by atoms with Gasteiger partial charge in [-0.3, -0.25) is 0 Å². The highest BCUT2D eigenvalue weighted by molar-refractivity contribution is 7.87. The van der Waals surface area contributed by atoms with Crippen molar-refractivity contribution in [1.29, 1.82) is 0 Å². The van der Waals surface area contributed by atoms with Crippen LogP contribution in [0.3, 0.4) is 0 Å². The maximum Gasteiger partial charge on any atom is 0.280 e. The van der Waals surface area contributed by atoms with Gasteiger partial charge in [0.25, 0.3) is 10.2 Å². The molecule has 2 fully saturated rings. The number of fused-ring (bicyclic) bond motifs is 2. The summed E-state index contributed by atoms with van der Waals surface area (Å²) in [6.07, 6.45) is 2.47. The number of piperidine rings is 1. The van der Waals surface area contributed by atoms with Crippen LogP contribution in [0.25, 0.3) is 0 Å². The second kappa shape index (κ2) is 5.19. The van der Waals surface area contributed by atoms with Crippen molar-refractivity contribution >= 4 is 10.2 Å². The van der Waals surface area contributed by atoms with Crippen molar-refractivity contribution in [3.8, 4) is 0 Å². The molecule has 0 aromatic carbocycles. The van der Waals surface area contributed by atoms with Crippen LogP contribution in [0.1, 0.15) is 25.7 Å².